The van der Waals surface area contributed by atoms with Crippen LogP contribution in [-0.4, -0.2) is 17.5 Å². The molecule has 0 aromatic heterocycles. The lowest BCUT2D eigenvalue weighted by molar-refractivity contribution is -0.243. The quantitative estimate of drug-likeness (QED) is 0.555. The van der Waals surface area contributed by atoms with Crippen molar-refractivity contribution >= 4 is 17.5 Å². The van der Waals surface area contributed by atoms with Crippen molar-refractivity contribution in [3.63, 3.8) is 0 Å². The van der Waals surface area contributed by atoms with Gasteiger partial charge in [0.15, 0.2) is 11.6 Å². The molecule has 0 heterocycles. The van der Waals surface area contributed by atoms with Crippen LogP contribution in [0.3, 0.4) is 0 Å². The highest BCUT2D eigenvalue weighted by Crippen LogP contribution is 2.75. The Balaban J connectivity index is 1.66. The number of rotatable bonds is 1. The van der Waals surface area contributed by atoms with Gasteiger partial charge in [-0.05, 0) is 83.7 Å². The maximum absolute atomic E-state index is 14.1. The molecule has 4 nitrogen and oxygen atoms in total. The van der Waals surface area contributed by atoms with E-state index in [1.165, 1.54) is 5.57 Å². The summed E-state index contributed by atoms with van der Waals surface area (Å²) in [4.78, 5) is 39.6. The molecule has 4 heteroatoms. The smallest absolute Gasteiger partial charge is 0.224 e. The molecule has 8 unspecified atom stereocenters. The Morgan fingerprint density at radius 2 is 1.68 bits per heavy atom. The molecule has 0 aliphatic heterocycles. The Hall–Kier alpha value is -1.71. The summed E-state index contributed by atoms with van der Waals surface area (Å²) in [6, 6.07) is 0. The fourth-order valence-electron chi connectivity index (χ4n) is 9.83. The molecule has 1 amide bonds. The molecule has 0 saturated heterocycles. The lowest BCUT2D eigenvalue weighted by Gasteiger charge is -2.72. The van der Waals surface area contributed by atoms with Crippen LogP contribution in [0.5, 0.6) is 0 Å². The monoisotopic (exact) mass is 465 g/mol. The molecule has 186 valence electrons. The minimum Gasteiger partial charge on any atom is -0.369 e. The normalized spacial score (nSPS) is 45.9. The van der Waals surface area contributed by atoms with Crippen molar-refractivity contribution < 1.29 is 14.4 Å². The highest BCUT2D eigenvalue weighted by atomic mass is 16.1. The fraction of sp³-hybridized carbons (Fsp3) is 0.767. The molecule has 2 N–H and O–H groups in total. The number of fused-ring (bicyclic) bond motifs is 7. The second-order valence-corrected chi connectivity index (χ2v) is 13.9. The van der Waals surface area contributed by atoms with Gasteiger partial charge >= 0.3 is 0 Å². The number of allylic oxidation sites excluding steroid dienone is 4. The summed E-state index contributed by atoms with van der Waals surface area (Å²) in [5, 5.41) is 0. The Labute approximate surface area is 205 Å². The number of amides is 1. The Bertz CT molecular complexity index is 1010. The van der Waals surface area contributed by atoms with E-state index < -0.39 is 5.41 Å². The number of hydrogen-bond donors (Lipinski definition) is 1. The summed E-state index contributed by atoms with van der Waals surface area (Å²) in [6.45, 7) is 16.1. The lowest BCUT2D eigenvalue weighted by atomic mass is 9.31. The molecule has 5 rings (SSSR count). The van der Waals surface area contributed by atoms with E-state index in [2.05, 4.69) is 54.5 Å². The zero-order valence-electron chi connectivity index (χ0n) is 22.1. The van der Waals surface area contributed by atoms with Crippen molar-refractivity contribution in [3.8, 4) is 0 Å². The van der Waals surface area contributed by atoms with Crippen molar-refractivity contribution in [1.29, 1.82) is 0 Å². The van der Waals surface area contributed by atoms with Crippen molar-refractivity contribution in [3.05, 3.63) is 23.8 Å². The SMILES string of the molecule is CC1C2(C(N)=O)CCC3C4CCC5CC(=O)C=CC5C4=CC(=O)C3C2C(C)(C)C(C)(C)C1(C)C. The van der Waals surface area contributed by atoms with Crippen molar-refractivity contribution in [2.24, 2.45) is 68.8 Å². The zero-order valence-corrected chi connectivity index (χ0v) is 22.1. The Kier molecular flexibility index (Phi) is 5.06. The maximum atomic E-state index is 14.1. The van der Waals surface area contributed by atoms with E-state index in [1.807, 2.05) is 6.08 Å². The van der Waals surface area contributed by atoms with E-state index in [1.54, 1.807) is 6.08 Å². The van der Waals surface area contributed by atoms with Crippen LogP contribution >= 0.6 is 0 Å². The van der Waals surface area contributed by atoms with Crippen molar-refractivity contribution in [2.75, 3.05) is 0 Å². The predicted octanol–water partition coefficient (Wildman–Crippen LogP) is 5.51. The van der Waals surface area contributed by atoms with Gasteiger partial charge in [-0.2, -0.15) is 0 Å². The summed E-state index contributed by atoms with van der Waals surface area (Å²) in [7, 11) is 0. The fourth-order valence-corrected chi connectivity index (χ4v) is 9.83. The predicted molar refractivity (Wildman–Crippen MR) is 133 cm³/mol. The first-order valence-corrected chi connectivity index (χ1v) is 13.5. The first kappa shape index (κ1) is 24.0. The Morgan fingerprint density at radius 1 is 1.00 bits per heavy atom. The topological polar surface area (TPSA) is 77.2 Å². The van der Waals surface area contributed by atoms with Gasteiger partial charge in [0.1, 0.15) is 0 Å². The van der Waals surface area contributed by atoms with Gasteiger partial charge in [0.25, 0.3) is 0 Å². The third-order valence-corrected chi connectivity index (χ3v) is 12.9. The van der Waals surface area contributed by atoms with Crippen LogP contribution < -0.4 is 5.73 Å². The van der Waals surface area contributed by atoms with E-state index >= 15 is 0 Å². The third-order valence-electron chi connectivity index (χ3n) is 12.9. The molecule has 5 aliphatic carbocycles. The number of carbonyl (C=O) groups is 3. The molecule has 8 atom stereocenters. The second kappa shape index (κ2) is 7.17. The molecular weight excluding hydrogens is 422 g/mol. The number of hydrogen-bond acceptors (Lipinski definition) is 3. The molecule has 0 aromatic carbocycles. The average Bonchev–Trinajstić information content (AvgIpc) is 2.76. The van der Waals surface area contributed by atoms with Gasteiger partial charge in [-0.25, -0.2) is 0 Å². The molecule has 3 fully saturated rings. The van der Waals surface area contributed by atoms with Gasteiger partial charge in [0.05, 0.1) is 5.41 Å². The number of primary amides is 1. The summed E-state index contributed by atoms with van der Waals surface area (Å²) >= 11 is 0. The van der Waals surface area contributed by atoms with Crippen LogP contribution in [0, 0.1) is 63.1 Å². The minimum absolute atomic E-state index is 0.0687. The van der Waals surface area contributed by atoms with Crippen LogP contribution in [0.25, 0.3) is 0 Å². The first-order chi connectivity index (χ1) is 15.7. The molecule has 3 saturated carbocycles. The van der Waals surface area contributed by atoms with Gasteiger partial charge in [0, 0.05) is 18.3 Å². The largest absolute Gasteiger partial charge is 0.369 e. The molecule has 0 bridgehead atoms. The van der Waals surface area contributed by atoms with Crippen LogP contribution in [-0.2, 0) is 14.4 Å². The van der Waals surface area contributed by atoms with E-state index in [0.29, 0.717) is 18.3 Å². The highest BCUT2D eigenvalue weighted by Gasteiger charge is 2.73. The van der Waals surface area contributed by atoms with Crippen LogP contribution in [0.4, 0.5) is 0 Å². The zero-order chi connectivity index (χ0) is 25.0. The second-order valence-electron chi connectivity index (χ2n) is 13.9. The average molecular weight is 466 g/mol. The van der Waals surface area contributed by atoms with E-state index in [4.69, 9.17) is 5.73 Å². The van der Waals surface area contributed by atoms with E-state index in [9.17, 15) is 14.4 Å². The van der Waals surface area contributed by atoms with Crippen LogP contribution in [0.2, 0.25) is 0 Å². The lowest BCUT2D eigenvalue weighted by Crippen LogP contribution is -2.72. The van der Waals surface area contributed by atoms with E-state index in [-0.39, 0.29) is 63.3 Å². The van der Waals surface area contributed by atoms with Crippen molar-refractivity contribution in [1.82, 2.24) is 0 Å². The number of ketones is 2. The minimum atomic E-state index is -0.668. The Morgan fingerprint density at radius 3 is 2.32 bits per heavy atom. The summed E-state index contributed by atoms with van der Waals surface area (Å²) in [5.74, 6) is 1.26. The van der Waals surface area contributed by atoms with Gasteiger partial charge in [-0.1, -0.05) is 60.1 Å². The number of nitrogens with two attached hydrogens (primary N) is 1. The molecule has 34 heavy (non-hydrogen) atoms. The first-order valence-electron chi connectivity index (χ1n) is 13.5. The maximum Gasteiger partial charge on any atom is 0.224 e. The van der Waals surface area contributed by atoms with Crippen LogP contribution in [0.1, 0.15) is 80.6 Å². The third kappa shape index (κ3) is 2.69. The molecule has 0 aromatic rings. The van der Waals surface area contributed by atoms with Crippen LogP contribution in [0.15, 0.2) is 23.8 Å². The van der Waals surface area contributed by atoms with Gasteiger partial charge in [-0.3, -0.25) is 14.4 Å². The molecular formula is C30H43NO3. The van der Waals surface area contributed by atoms with Gasteiger partial charge < -0.3 is 5.73 Å². The number of carbonyl (C=O) groups excluding carboxylic acids is 3. The molecule has 0 radical (unpaired) electrons. The summed E-state index contributed by atoms with van der Waals surface area (Å²) in [6.07, 6.45) is 10.1. The highest BCUT2D eigenvalue weighted by molar-refractivity contribution is 5.96. The molecule has 0 spiro atoms. The van der Waals surface area contributed by atoms with Crippen molar-refractivity contribution in [2.45, 2.75) is 80.6 Å². The van der Waals surface area contributed by atoms with Gasteiger partial charge in [0.2, 0.25) is 5.91 Å². The van der Waals surface area contributed by atoms with Gasteiger partial charge in [-0.15, -0.1) is 0 Å². The van der Waals surface area contributed by atoms with E-state index in [0.717, 1.165) is 25.7 Å². The molecule has 5 aliphatic rings. The standard InChI is InChI=1S/C30H43NO3/c1-16-27(2,3)29(6,7)28(4,5)25-24-21(12-13-30(16,25)26(31)34)20-10-8-17-14-18(32)9-11-19(17)22(20)15-23(24)33/h9,11,15-17,19-21,24-25H,8,10,12-14H2,1-7H3,(H2,31,34). The summed E-state index contributed by atoms with van der Waals surface area (Å²) in [5.41, 5.74) is 6.49. The summed E-state index contributed by atoms with van der Waals surface area (Å²) < 4.78 is 0.